The van der Waals surface area contributed by atoms with Gasteiger partial charge in [-0.3, -0.25) is 0 Å². The SMILES string of the molecule is OC(O)(O)OC(O)(O)C(O)(O)Oc1ccc(N2CCNCC2)cc1. The summed E-state index contributed by atoms with van der Waals surface area (Å²) in [6.45, 7) is 3.24. The van der Waals surface area contributed by atoms with E-state index in [0.29, 0.717) is 0 Å². The second-order valence-corrected chi connectivity index (χ2v) is 5.23. The normalized spacial score (nSPS) is 17.0. The molecule has 1 aromatic carbocycles. The summed E-state index contributed by atoms with van der Waals surface area (Å²) in [5.41, 5.74) is 0.848. The Hall–Kier alpha value is -1.54. The Balaban J connectivity index is 2.06. The third kappa shape index (κ3) is 4.73. The van der Waals surface area contributed by atoms with E-state index in [0.717, 1.165) is 31.9 Å². The van der Waals surface area contributed by atoms with Crippen LogP contribution in [0.25, 0.3) is 0 Å². The van der Waals surface area contributed by atoms with Crippen LogP contribution < -0.4 is 15.0 Å². The van der Waals surface area contributed by atoms with Gasteiger partial charge in [0.05, 0.1) is 0 Å². The Bertz CT molecular complexity index is 535. The summed E-state index contributed by atoms with van der Waals surface area (Å²) in [5.74, 6) is -8.06. The lowest BCUT2D eigenvalue weighted by Crippen LogP contribution is -2.63. The summed E-state index contributed by atoms with van der Waals surface area (Å²) >= 11 is 0. The lowest BCUT2D eigenvalue weighted by atomic mass is 10.2. The second-order valence-electron chi connectivity index (χ2n) is 5.23. The first kappa shape index (κ1) is 18.8. The molecule has 0 amide bonds. The molecule has 8 N–H and O–H groups in total. The summed E-state index contributed by atoms with van der Waals surface area (Å²) < 4.78 is 8.10. The van der Waals surface area contributed by atoms with Gasteiger partial charge in [0.15, 0.2) is 0 Å². The van der Waals surface area contributed by atoms with E-state index < -0.39 is 18.1 Å². The van der Waals surface area contributed by atoms with E-state index in [9.17, 15) is 20.4 Å². The number of rotatable bonds is 6. The van der Waals surface area contributed by atoms with Crippen molar-refractivity contribution >= 4 is 5.69 Å². The van der Waals surface area contributed by atoms with Crippen molar-refractivity contribution in [3.8, 4) is 5.75 Å². The Morgan fingerprint density at radius 1 is 0.833 bits per heavy atom. The maximum Gasteiger partial charge on any atom is 0.409 e. The highest BCUT2D eigenvalue weighted by atomic mass is 17.0. The molecule has 136 valence electrons. The van der Waals surface area contributed by atoms with Gasteiger partial charge in [0, 0.05) is 31.9 Å². The van der Waals surface area contributed by atoms with Crippen LogP contribution in [0.3, 0.4) is 0 Å². The molecule has 1 fully saturated rings. The van der Waals surface area contributed by atoms with Gasteiger partial charge >= 0.3 is 18.1 Å². The molecular formula is C13H20N2O9. The van der Waals surface area contributed by atoms with Crippen LogP contribution in [0.2, 0.25) is 0 Å². The number of nitrogens with one attached hydrogen (secondary N) is 1. The van der Waals surface area contributed by atoms with Crippen molar-refractivity contribution in [1.82, 2.24) is 5.32 Å². The number of ether oxygens (including phenoxy) is 2. The fourth-order valence-corrected chi connectivity index (χ4v) is 2.14. The van der Waals surface area contributed by atoms with Crippen LogP contribution in [0.1, 0.15) is 0 Å². The second kappa shape index (κ2) is 6.76. The molecule has 11 nitrogen and oxygen atoms in total. The lowest BCUT2D eigenvalue weighted by Gasteiger charge is -2.35. The third-order valence-corrected chi connectivity index (χ3v) is 3.28. The molecule has 24 heavy (non-hydrogen) atoms. The van der Waals surface area contributed by atoms with Crippen molar-refractivity contribution < 1.29 is 45.2 Å². The average Bonchev–Trinajstić information content (AvgIpc) is 2.46. The summed E-state index contributed by atoms with van der Waals surface area (Å²) in [4.78, 5) is 2.08. The molecule has 1 aliphatic rings. The summed E-state index contributed by atoms with van der Waals surface area (Å²) in [6, 6.07) is 5.89. The van der Waals surface area contributed by atoms with Crippen molar-refractivity contribution in [1.29, 1.82) is 0 Å². The zero-order valence-electron chi connectivity index (χ0n) is 12.5. The van der Waals surface area contributed by atoms with Gasteiger partial charge < -0.3 is 50.7 Å². The zero-order chi connectivity index (χ0) is 18.0. The number of hydrogen-bond donors (Lipinski definition) is 8. The largest absolute Gasteiger partial charge is 0.433 e. The van der Waals surface area contributed by atoms with Crippen LogP contribution in [0.5, 0.6) is 5.75 Å². The first-order valence-corrected chi connectivity index (χ1v) is 7.02. The highest BCUT2D eigenvalue weighted by Gasteiger charge is 2.57. The van der Waals surface area contributed by atoms with Crippen LogP contribution in [-0.4, -0.2) is 80.0 Å². The molecule has 11 heteroatoms. The van der Waals surface area contributed by atoms with E-state index in [1.54, 1.807) is 12.1 Å². The number of aliphatic hydroxyl groups is 7. The van der Waals surface area contributed by atoms with E-state index in [2.05, 4.69) is 19.7 Å². The van der Waals surface area contributed by atoms with Gasteiger partial charge in [-0.15, -0.1) is 0 Å². The van der Waals surface area contributed by atoms with E-state index in [4.69, 9.17) is 15.3 Å². The van der Waals surface area contributed by atoms with Crippen LogP contribution in [-0.2, 0) is 4.74 Å². The summed E-state index contributed by atoms with van der Waals surface area (Å²) in [5, 5.41) is 66.5. The molecule has 0 saturated carbocycles. The molecule has 0 aliphatic carbocycles. The Kier molecular flexibility index (Phi) is 5.29. The molecular weight excluding hydrogens is 328 g/mol. The summed E-state index contributed by atoms with van der Waals surface area (Å²) in [6.07, 6.45) is -4.03. The van der Waals surface area contributed by atoms with Crippen molar-refractivity contribution in [2.45, 2.75) is 18.1 Å². The van der Waals surface area contributed by atoms with Crippen molar-refractivity contribution in [2.75, 3.05) is 31.1 Å². The number of anilines is 1. The smallest absolute Gasteiger partial charge is 0.409 e. The fourth-order valence-electron chi connectivity index (χ4n) is 2.14. The quantitative estimate of drug-likeness (QED) is 0.238. The van der Waals surface area contributed by atoms with Gasteiger partial charge in [-0.2, -0.15) is 0 Å². The van der Waals surface area contributed by atoms with Crippen molar-refractivity contribution in [3.63, 3.8) is 0 Å². The number of benzene rings is 1. The zero-order valence-corrected chi connectivity index (χ0v) is 12.5. The molecule has 2 rings (SSSR count). The average molecular weight is 348 g/mol. The van der Waals surface area contributed by atoms with Gasteiger partial charge in [0.1, 0.15) is 5.75 Å². The maximum absolute atomic E-state index is 9.53. The van der Waals surface area contributed by atoms with Gasteiger partial charge in [-0.1, -0.05) is 0 Å². The standard InChI is InChI=1S/C13H20N2O9/c16-11(17,12(18,19)24-13(20,21)22)23-10-3-1-9(2-4-10)15-7-5-14-6-8-15/h1-4,14,16-22H,5-8H2. The number of hydrogen-bond acceptors (Lipinski definition) is 11. The topological polar surface area (TPSA) is 175 Å². The van der Waals surface area contributed by atoms with Gasteiger partial charge in [0.2, 0.25) is 0 Å². The van der Waals surface area contributed by atoms with E-state index in [1.165, 1.54) is 12.1 Å². The van der Waals surface area contributed by atoms with Gasteiger partial charge in [-0.25, -0.2) is 4.74 Å². The van der Waals surface area contributed by atoms with Crippen LogP contribution in [0.15, 0.2) is 24.3 Å². The highest BCUT2D eigenvalue weighted by molar-refractivity contribution is 5.49. The Morgan fingerprint density at radius 2 is 1.38 bits per heavy atom. The van der Waals surface area contributed by atoms with E-state index in [-0.39, 0.29) is 5.75 Å². The molecule has 1 heterocycles. The molecule has 1 aromatic rings. The predicted octanol–water partition coefficient (Wildman–Crippen LogP) is -3.64. The monoisotopic (exact) mass is 348 g/mol. The summed E-state index contributed by atoms with van der Waals surface area (Å²) in [7, 11) is 0. The molecule has 0 bridgehead atoms. The number of piperazine rings is 1. The predicted molar refractivity (Wildman–Crippen MR) is 77.0 cm³/mol. The van der Waals surface area contributed by atoms with Crippen LogP contribution in [0, 0.1) is 0 Å². The first-order valence-electron chi connectivity index (χ1n) is 7.02. The Labute approximate surface area is 136 Å². The highest BCUT2D eigenvalue weighted by Crippen LogP contribution is 2.27. The van der Waals surface area contributed by atoms with Crippen molar-refractivity contribution in [2.24, 2.45) is 0 Å². The van der Waals surface area contributed by atoms with Crippen LogP contribution in [0.4, 0.5) is 5.69 Å². The molecule has 0 radical (unpaired) electrons. The number of nitrogens with zero attached hydrogens (tertiary/aromatic N) is 1. The maximum atomic E-state index is 9.53. The molecule has 1 saturated heterocycles. The first-order chi connectivity index (χ1) is 11.0. The minimum atomic E-state index is -4.05. The molecule has 0 spiro atoms. The van der Waals surface area contributed by atoms with Crippen molar-refractivity contribution in [3.05, 3.63) is 24.3 Å². The molecule has 1 aliphatic heterocycles. The van der Waals surface area contributed by atoms with Gasteiger partial charge in [0.25, 0.3) is 0 Å². The van der Waals surface area contributed by atoms with Crippen LogP contribution >= 0.6 is 0 Å². The molecule has 0 unspecified atom stereocenters. The van der Waals surface area contributed by atoms with E-state index in [1.807, 2.05) is 0 Å². The minimum Gasteiger partial charge on any atom is -0.433 e. The minimum absolute atomic E-state index is 0.186. The lowest BCUT2D eigenvalue weighted by molar-refractivity contribution is -0.600. The fraction of sp³-hybridized carbons (Fsp3) is 0.538. The van der Waals surface area contributed by atoms with Gasteiger partial charge in [-0.05, 0) is 24.3 Å². The Morgan fingerprint density at radius 3 is 1.88 bits per heavy atom. The van der Waals surface area contributed by atoms with E-state index >= 15 is 0 Å². The molecule has 0 atom stereocenters. The third-order valence-electron chi connectivity index (χ3n) is 3.28. The molecule has 0 aromatic heterocycles.